The summed E-state index contributed by atoms with van der Waals surface area (Å²) in [6, 6.07) is 2.46. The summed E-state index contributed by atoms with van der Waals surface area (Å²) in [6.07, 6.45) is -2.04. The second-order valence-electron chi connectivity index (χ2n) is 7.17. The Balaban J connectivity index is 1.93. The number of amides is 1. The highest BCUT2D eigenvalue weighted by atomic mass is 32.2. The maximum Gasteiger partial charge on any atom is 0.416 e. The Bertz CT molecular complexity index is 801. The lowest BCUT2D eigenvalue weighted by Gasteiger charge is -2.61. The number of benzene rings is 1. The lowest BCUT2D eigenvalue weighted by atomic mass is 9.50. The molecule has 3 saturated carbocycles. The molecule has 0 spiro atoms. The molecule has 138 valence electrons. The number of alkyl halides is 3. The Labute approximate surface area is 144 Å². The van der Waals surface area contributed by atoms with Crippen LogP contribution in [0.2, 0.25) is 0 Å². The first-order chi connectivity index (χ1) is 11.4. The third kappa shape index (κ3) is 3.33. The van der Waals surface area contributed by atoms with E-state index in [1.807, 2.05) is 0 Å². The van der Waals surface area contributed by atoms with Gasteiger partial charge < -0.3 is 5.32 Å². The van der Waals surface area contributed by atoms with E-state index in [0.717, 1.165) is 31.4 Å². The maximum atomic E-state index is 13.0. The second-order valence-corrected chi connectivity index (χ2v) is 9.40. The zero-order valence-electron chi connectivity index (χ0n) is 13.8. The number of sulfonamides is 1. The standard InChI is InChI=1S/C16H19F3N2O3S/c1-9(2)25(23,24)21-13-5-11(16(17,18)19)3-4-12(13)14(22)20-15-6-10(7-15)8-15/h3-5,9-10,21H,6-8H2,1-2H3,(H,20,22). The average Bonchev–Trinajstić information content (AvgIpc) is 2.39. The molecule has 25 heavy (non-hydrogen) atoms. The molecule has 3 fully saturated rings. The third-order valence-corrected chi connectivity index (χ3v) is 6.63. The van der Waals surface area contributed by atoms with Crippen LogP contribution in [0.3, 0.4) is 0 Å². The first-order valence-electron chi connectivity index (χ1n) is 7.97. The fourth-order valence-corrected chi connectivity index (χ4v) is 3.92. The van der Waals surface area contributed by atoms with Gasteiger partial charge in [-0.2, -0.15) is 13.2 Å². The van der Waals surface area contributed by atoms with Gasteiger partial charge in [-0.1, -0.05) is 0 Å². The summed E-state index contributed by atoms with van der Waals surface area (Å²) >= 11 is 0. The Morgan fingerprint density at radius 3 is 2.28 bits per heavy atom. The van der Waals surface area contributed by atoms with Gasteiger partial charge in [0.05, 0.1) is 22.1 Å². The van der Waals surface area contributed by atoms with E-state index in [-0.39, 0.29) is 16.8 Å². The van der Waals surface area contributed by atoms with Crippen LogP contribution in [-0.2, 0) is 16.2 Å². The van der Waals surface area contributed by atoms with Crippen molar-refractivity contribution in [1.29, 1.82) is 0 Å². The monoisotopic (exact) mass is 376 g/mol. The summed E-state index contributed by atoms with van der Waals surface area (Å²) in [6.45, 7) is 2.80. The minimum absolute atomic E-state index is 0.109. The van der Waals surface area contributed by atoms with Crippen LogP contribution in [0.1, 0.15) is 49.0 Å². The molecule has 4 rings (SSSR count). The highest BCUT2D eigenvalue weighted by Gasteiger charge is 2.57. The van der Waals surface area contributed by atoms with E-state index in [9.17, 15) is 26.4 Å². The van der Waals surface area contributed by atoms with Crippen LogP contribution in [0.15, 0.2) is 18.2 Å². The number of halogens is 3. The van der Waals surface area contributed by atoms with Gasteiger partial charge in [0.1, 0.15) is 0 Å². The number of carbonyl (C=O) groups excluding carboxylic acids is 1. The summed E-state index contributed by atoms with van der Waals surface area (Å²) in [7, 11) is -3.89. The van der Waals surface area contributed by atoms with E-state index >= 15 is 0 Å². The number of carbonyl (C=O) groups is 1. The van der Waals surface area contributed by atoms with Gasteiger partial charge in [0.2, 0.25) is 10.0 Å². The van der Waals surface area contributed by atoms with Crippen molar-refractivity contribution < 1.29 is 26.4 Å². The van der Waals surface area contributed by atoms with Gasteiger partial charge in [0.25, 0.3) is 5.91 Å². The van der Waals surface area contributed by atoms with Gasteiger partial charge >= 0.3 is 6.18 Å². The summed E-state index contributed by atoms with van der Waals surface area (Å²) in [5, 5.41) is 1.98. The van der Waals surface area contributed by atoms with Gasteiger partial charge in [-0.15, -0.1) is 0 Å². The molecule has 2 N–H and O–H groups in total. The average molecular weight is 376 g/mol. The van der Waals surface area contributed by atoms with E-state index in [0.29, 0.717) is 12.0 Å². The first kappa shape index (κ1) is 18.0. The van der Waals surface area contributed by atoms with Crippen LogP contribution >= 0.6 is 0 Å². The summed E-state index contributed by atoms with van der Waals surface area (Å²) < 4.78 is 65.1. The van der Waals surface area contributed by atoms with Crippen molar-refractivity contribution in [2.45, 2.75) is 50.1 Å². The van der Waals surface area contributed by atoms with Crippen LogP contribution < -0.4 is 10.0 Å². The molecular formula is C16H19F3N2O3S. The number of rotatable bonds is 5. The highest BCUT2D eigenvalue weighted by Crippen LogP contribution is 2.57. The molecule has 0 saturated heterocycles. The molecule has 2 bridgehead atoms. The molecule has 0 aliphatic heterocycles. The summed E-state index contributed by atoms with van der Waals surface area (Å²) in [5.74, 6) is 0.0557. The van der Waals surface area contributed by atoms with Gasteiger partial charge in [-0.3, -0.25) is 9.52 Å². The van der Waals surface area contributed by atoms with E-state index in [1.54, 1.807) is 0 Å². The molecule has 1 aromatic carbocycles. The van der Waals surface area contributed by atoms with Crippen molar-refractivity contribution in [2.75, 3.05) is 4.72 Å². The number of hydrogen-bond donors (Lipinski definition) is 2. The smallest absolute Gasteiger partial charge is 0.347 e. The van der Waals surface area contributed by atoms with Gasteiger partial charge in [0.15, 0.2) is 0 Å². The van der Waals surface area contributed by atoms with Crippen molar-refractivity contribution in [1.82, 2.24) is 5.32 Å². The lowest BCUT2D eigenvalue weighted by Crippen LogP contribution is -2.68. The largest absolute Gasteiger partial charge is 0.416 e. The van der Waals surface area contributed by atoms with Crippen molar-refractivity contribution in [3.63, 3.8) is 0 Å². The summed E-state index contributed by atoms with van der Waals surface area (Å²) in [4.78, 5) is 12.5. The van der Waals surface area contributed by atoms with Crippen LogP contribution in [-0.4, -0.2) is 25.1 Å². The molecule has 1 aromatic rings. The van der Waals surface area contributed by atoms with Crippen molar-refractivity contribution >= 4 is 21.6 Å². The zero-order valence-corrected chi connectivity index (χ0v) is 14.6. The van der Waals surface area contributed by atoms with Crippen LogP contribution in [0.5, 0.6) is 0 Å². The van der Waals surface area contributed by atoms with Crippen molar-refractivity contribution in [3.05, 3.63) is 29.3 Å². The molecule has 3 aliphatic carbocycles. The Hall–Kier alpha value is -1.77. The number of nitrogens with one attached hydrogen (secondary N) is 2. The Morgan fingerprint density at radius 2 is 1.84 bits per heavy atom. The molecule has 5 nitrogen and oxygen atoms in total. The maximum absolute atomic E-state index is 13.0. The zero-order chi connectivity index (χ0) is 18.6. The normalized spacial score (nSPS) is 25.1. The fraction of sp³-hybridized carbons (Fsp3) is 0.562. The molecule has 3 aliphatic rings. The molecule has 0 radical (unpaired) electrons. The van der Waals surface area contributed by atoms with Gasteiger partial charge in [-0.05, 0) is 57.2 Å². The molecule has 0 heterocycles. The van der Waals surface area contributed by atoms with E-state index in [4.69, 9.17) is 0 Å². The molecule has 0 atom stereocenters. The SMILES string of the molecule is CC(C)S(=O)(=O)Nc1cc(C(F)(F)F)ccc1C(=O)NC12CC(C1)C2. The van der Waals surface area contributed by atoms with E-state index < -0.39 is 32.9 Å². The van der Waals surface area contributed by atoms with Crippen LogP contribution in [0.4, 0.5) is 18.9 Å². The molecular weight excluding hydrogens is 357 g/mol. The topological polar surface area (TPSA) is 75.3 Å². The van der Waals surface area contributed by atoms with Crippen molar-refractivity contribution in [2.24, 2.45) is 5.92 Å². The highest BCUT2D eigenvalue weighted by molar-refractivity contribution is 7.93. The molecule has 0 aromatic heterocycles. The molecule has 1 amide bonds. The fourth-order valence-electron chi connectivity index (χ4n) is 3.21. The number of anilines is 1. The molecule has 0 unspecified atom stereocenters. The first-order valence-corrected chi connectivity index (χ1v) is 9.52. The third-order valence-electron chi connectivity index (χ3n) is 4.88. The van der Waals surface area contributed by atoms with Crippen LogP contribution in [0, 0.1) is 5.92 Å². The van der Waals surface area contributed by atoms with Gasteiger partial charge in [0, 0.05) is 5.54 Å². The van der Waals surface area contributed by atoms with E-state index in [1.165, 1.54) is 13.8 Å². The van der Waals surface area contributed by atoms with Gasteiger partial charge in [-0.25, -0.2) is 8.42 Å². The lowest BCUT2D eigenvalue weighted by molar-refractivity contribution is -0.137. The second kappa shape index (κ2) is 5.62. The Morgan fingerprint density at radius 1 is 1.24 bits per heavy atom. The number of hydrogen-bond acceptors (Lipinski definition) is 3. The van der Waals surface area contributed by atoms with Crippen LogP contribution in [0.25, 0.3) is 0 Å². The predicted molar refractivity (Wildman–Crippen MR) is 86.7 cm³/mol. The minimum Gasteiger partial charge on any atom is -0.347 e. The predicted octanol–water partition coefficient (Wildman–Crippen LogP) is 3.14. The minimum atomic E-state index is -4.64. The molecule has 9 heteroatoms. The quantitative estimate of drug-likeness (QED) is 0.829. The van der Waals surface area contributed by atoms with Crippen molar-refractivity contribution in [3.8, 4) is 0 Å². The van der Waals surface area contributed by atoms with E-state index in [2.05, 4.69) is 10.0 Å². The Kier molecular flexibility index (Phi) is 4.05. The summed E-state index contributed by atoms with van der Waals surface area (Å²) in [5.41, 5.74) is -1.75.